The first-order chi connectivity index (χ1) is 16.7. The highest BCUT2D eigenvalue weighted by molar-refractivity contribution is 7.92. The number of nitrogens with zero attached hydrogens (tertiary/aromatic N) is 3. The van der Waals surface area contributed by atoms with Gasteiger partial charge >= 0.3 is 0 Å². The molecule has 0 unspecified atom stereocenters. The second-order valence-corrected chi connectivity index (χ2v) is 9.89. The summed E-state index contributed by atoms with van der Waals surface area (Å²) in [7, 11) is -0.109. The van der Waals surface area contributed by atoms with Gasteiger partial charge in [0.1, 0.15) is 12.3 Å². The van der Waals surface area contributed by atoms with Crippen molar-refractivity contribution in [1.82, 2.24) is 5.43 Å². The molecule has 0 aliphatic rings. The third-order valence-electron chi connectivity index (χ3n) is 5.14. The number of aryl methyl sites for hydroxylation is 1. The Morgan fingerprint density at radius 1 is 0.943 bits per heavy atom. The lowest BCUT2D eigenvalue weighted by atomic mass is 10.2. The van der Waals surface area contributed by atoms with Crippen LogP contribution in [0.25, 0.3) is 0 Å². The third-order valence-corrected chi connectivity index (χ3v) is 6.93. The fourth-order valence-electron chi connectivity index (χ4n) is 3.23. The van der Waals surface area contributed by atoms with Crippen LogP contribution in [0.15, 0.2) is 82.8 Å². The Balaban J connectivity index is 1.80. The molecule has 0 spiro atoms. The number of hydrogen-bond acceptors (Lipinski definition) is 6. The van der Waals surface area contributed by atoms with Gasteiger partial charge in [-0.25, -0.2) is 13.8 Å². The zero-order chi connectivity index (χ0) is 25.4. The Kier molecular flexibility index (Phi) is 8.48. The van der Waals surface area contributed by atoms with Gasteiger partial charge in [0.25, 0.3) is 15.9 Å². The molecule has 3 rings (SSSR count). The zero-order valence-electron chi connectivity index (χ0n) is 20.3. The third kappa shape index (κ3) is 6.83. The van der Waals surface area contributed by atoms with Gasteiger partial charge in [-0.2, -0.15) is 5.10 Å². The van der Waals surface area contributed by atoms with E-state index < -0.39 is 22.5 Å². The molecule has 3 aromatic carbocycles. The number of hydrazone groups is 1. The molecule has 9 heteroatoms. The molecule has 0 fully saturated rings. The summed E-state index contributed by atoms with van der Waals surface area (Å²) in [5, 5.41) is 3.99. The average molecular weight is 495 g/mol. The Labute approximate surface area is 206 Å². The summed E-state index contributed by atoms with van der Waals surface area (Å²) in [5.41, 5.74) is 5.53. The smallest absolute Gasteiger partial charge is 0.264 e. The van der Waals surface area contributed by atoms with Crippen molar-refractivity contribution in [2.24, 2.45) is 5.10 Å². The predicted octanol–water partition coefficient (Wildman–Crippen LogP) is 3.81. The summed E-state index contributed by atoms with van der Waals surface area (Å²) in [6.45, 7) is 3.79. The lowest BCUT2D eigenvalue weighted by Gasteiger charge is -2.24. The van der Waals surface area contributed by atoms with E-state index in [-0.39, 0.29) is 4.90 Å². The molecule has 184 valence electrons. The van der Waals surface area contributed by atoms with Crippen LogP contribution in [0.4, 0.5) is 11.4 Å². The van der Waals surface area contributed by atoms with Crippen LogP contribution >= 0.6 is 0 Å². The summed E-state index contributed by atoms with van der Waals surface area (Å²) in [6, 6.07) is 20.7. The van der Waals surface area contributed by atoms with Gasteiger partial charge < -0.3 is 9.64 Å². The molecule has 8 nitrogen and oxygen atoms in total. The number of carbonyl (C=O) groups excluding carboxylic acids is 1. The Hall–Kier alpha value is -3.85. The number of hydrogen-bond donors (Lipinski definition) is 1. The van der Waals surface area contributed by atoms with Crippen molar-refractivity contribution in [1.29, 1.82) is 0 Å². The zero-order valence-corrected chi connectivity index (χ0v) is 21.1. The van der Waals surface area contributed by atoms with Gasteiger partial charge in [0, 0.05) is 19.8 Å². The van der Waals surface area contributed by atoms with Crippen molar-refractivity contribution in [2.75, 3.05) is 36.5 Å². The molecule has 0 aromatic heterocycles. The van der Waals surface area contributed by atoms with Crippen LogP contribution in [-0.4, -0.2) is 47.8 Å². The number of anilines is 2. The topological polar surface area (TPSA) is 91.3 Å². The van der Waals surface area contributed by atoms with Crippen molar-refractivity contribution < 1.29 is 17.9 Å². The summed E-state index contributed by atoms with van der Waals surface area (Å²) in [4.78, 5) is 14.8. The highest BCUT2D eigenvalue weighted by Gasteiger charge is 2.27. The number of sulfonamides is 1. The standard InChI is InChI=1S/C26H30N4O4S/c1-5-34-24-14-12-23(13-15-24)30(35(32,33)25-16-6-20(2)7-17-25)19-26(31)28-27-18-21-8-10-22(11-9-21)29(3)4/h6-18H,5,19H2,1-4H3,(H,28,31)/b27-18-. The average Bonchev–Trinajstić information content (AvgIpc) is 2.84. The highest BCUT2D eigenvalue weighted by atomic mass is 32.2. The molecule has 0 bridgehead atoms. The number of ether oxygens (including phenoxy) is 1. The van der Waals surface area contributed by atoms with E-state index in [1.807, 2.05) is 57.1 Å². The van der Waals surface area contributed by atoms with Crippen LogP contribution in [-0.2, 0) is 14.8 Å². The molecule has 0 saturated heterocycles. The van der Waals surface area contributed by atoms with Gasteiger partial charge in [-0.05, 0) is 67.9 Å². The van der Waals surface area contributed by atoms with Crippen molar-refractivity contribution in [2.45, 2.75) is 18.7 Å². The fourth-order valence-corrected chi connectivity index (χ4v) is 4.65. The quantitative estimate of drug-likeness (QED) is 0.342. The second-order valence-electron chi connectivity index (χ2n) is 8.03. The summed E-state index contributed by atoms with van der Waals surface area (Å²) in [5.74, 6) is 0.0361. The normalized spacial score (nSPS) is 11.3. The first kappa shape index (κ1) is 25.8. The second kappa shape index (κ2) is 11.5. The predicted molar refractivity (Wildman–Crippen MR) is 140 cm³/mol. The maximum Gasteiger partial charge on any atom is 0.264 e. The van der Waals surface area contributed by atoms with E-state index >= 15 is 0 Å². The largest absolute Gasteiger partial charge is 0.494 e. The number of carbonyl (C=O) groups is 1. The molecule has 35 heavy (non-hydrogen) atoms. The molecule has 0 saturated carbocycles. The van der Waals surface area contributed by atoms with Crippen LogP contribution < -0.4 is 19.4 Å². The number of nitrogens with one attached hydrogen (secondary N) is 1. The maximum absolute atomic E-state index is 13.4. The first-order valence-corrected chi connectivity index (χ1v) is 12.6. The lowest BCUT2D eigenvalue weighted by Crippen LogP contribution is -2.39. The molecule has 0 radical (unpaired) electrons. The van der Waals surface area contributed by atoms with Crippen LogP contribution in [0.5, 0.6) is 5.75 Å². The van der Waals surface area contributed by atoms with Gasteiger partial charge in [0.2, 0.25) is 0 Å². The molecule has 1 amide bonds. The number of amides is 1. The van der Waals surface area contributed by atoms with E-state index in [1.54, 1.807) is 36.4 Å². The van der Waals surface area contributed by atoms with Crippen LogP contribution in [0.3, 0.4) is 0 Å². The monoisotopic (exact) mass is 494 g/mol. The van der Waals surface area contributed by atoms with Crippen LogP contribution in [0.2, 0.25) is 0 Å². The van der Waals surface area contributed by atoms with Crippen molar-refractivity contribution in [3.8, 4) is 5.75 Å². The van der Waals surface area contributed by atoms with E-state index in [9.17, 15) is 13.2 Å². The van der Waals surface area contributed by atoms with E-state index in [1.165, 1.54) is 18.3 Å². The minimum Gasteiger partial charge on any atom is -0.494 e. The van der Waals surface area contributed by atoms with E-state index in [0.29, 0.717) is 18.0 Å². The van der Waals surface area contributed by atoms with Gasteiger partial charge in [-0.1, -0.05) is 29.8 Å². The Morgan fingerprint density at radius 3 is 2.11 bits per heavy atom. The number of benzene rings is 3. The molecule has 0 atom stereocenters. The lowest BCUT2D eigenvalue weighted by molar-refractivity contribution is -0.119. The Bertz CT molecular complexity index is 1250. The summed E-state index contributed by atoms with van der Waals surface area (Å²) >= 11 is 0. The van der Waals surface area contributed by atoms with E-state index in [4.69, 9.17) is 4.74 Å². The first-order valence-electron chi connectivity index (χ1n) is 11.1. The van der Waals surface area contributed by atoms with Crippen LogP contribution in [0, 0.1) is 6.92 Å². The molecular formula is C26H30N4O4S. The van der Waals surface area contributed by atoms with Gasteiger partial charge in [0.15, 0.2) is 0 Å². The van der Waals surface area contributed by atoms with Crippen molar-refractivity contribution in [3.05, 3.63) is 83.9 Å². The van der Waals surface area contributed by atoms with Gasteiger partial charge in [-0.3, -0.25) is 9.10 Å². The fraction of sp³-hybridized carbons (Fsp3) is 0.231. The molecule has 0 heterocycles. The molecular weight excluding hydrogens is 464 g/mol. The van der Waals surface area contributed by atoms with E-state index in [2.05, 4.69) is 10.5 Å². The Morgan fingerprint density at radius 2 is 1.54 bits per heavy atom. The van der Waals surface area contributed by atoms with Gasteiger partial charge in [0.05, 0.1) is 23.4 Å². The summed E-state index contributed by atoms with van der Waals surface area (Å²) < 4.78 is 33.4. The molecule has 0 aliphatic carbocycles. The maximum atomic E-state index is 13.4. The SMILES string of the molecule is CCOc1ccc(N(CC(=O)N/N=C\c2ccc(N(C)C)cc2)S(=O)(=O)c2ccc(C)cc2)cc1. The molecule has 0 aliphatic heterocycles. The highest BCUT2D eigenvalue weighted by Crippen LogP contribution is 2.26. The molecule has 3 aromatic rings. The summed E-state index contributed by atoms with van der Waals surface area (Å²) in [6.07, 6.45) is 1.51. The van der Waals surface area contributed by atoms with Crippen LogP contribution in [0.1, 0.15) is 18.1 Å². The minimum absolute atomic E-state index is 0.0919. The minimum atomic E-state index is -4.01. The molecule has 1 N–H and O–H groups in total. The van der Waals surface area contributed by atoms with Crippen molar-refractivity contribution >= 4 is 33.5 Å². The number of rotatable bonds is 10. The van der Waals surface area contributed by atoms with Crippen molar-refractivity contribution in [3.63, 3.8) is 0 Å². The van der Waals surface area contributed by atoms with E-state index in [0.717, 1.165) is 21.1 Å². The van der Waals surface area contributed by atoms with Gasteiger partial charge in [-0.15, -0.1) is 0 Å².